The van der Waals surface area contributed by atoms with Crippen molar-refractivity contribution in [2.45, 2.75) is 30.8 Å². The van der Waals surface area contributed by atoms with Gasteiger partial charge in [-0.25, -0.2) is 9.97 Å². The van der Waals surface area contributed by atoms with Crippen LogP contribution in [0.2, 0.25) is 0 Å². The molecule has 0 spiro atoms. The van der Waals surface area contributed by atoms with Gasteiger partial charge in [0.1, 0.15) is 5.82 Å². The topological polar surface area (TPSA) is 71.0 Å². The van der Waals surface area contributed by atoms with E-state index in [1.807, 2.05) is 61.5 Å². The largest absolute Gasteiger partial charge is 0.363 e. The molecule has 6 nitrogen and oxygen atoms in total. The molecule has 0 aliphatic rings. The zero-order valence-electron chi connectivity index (χ0n) is 16.9. The zero-order chi connectivity index (χ0) is 20.6. The number of carbonyl (C=O) groups excluding carboxylic acids is 1. The van der Waals surface area contributed by atoms with Crippen LogP contribution in [-0.2, 0) is 18.7 Å². The van der Waals surface area contributed by atoms with Gasteiger partial charge in [-0.3, -0.25) is 9.78 Å². The number of rotatable bonds is 8. The van der Waals surface area contributed by atoms with Gasteiger partial charge in [-0.1, -0.05) is 36.9 Å². The molecule has 3 aromatic rings. The van der Waals surface area contributed by atoms with Crippen molar-refractivity contribution in [1.29, 1.82) is 0 Å². The second-order valence-corrected chi connectivity index (χ2v) is 7.72. The van der Waals surface area contributed by atoms with Gasteiger partial charge < -0.3 is 10.2 Å². The number of aryl methyl sites for hydroxylation is 1. The Morgan fingerprint density at radius 1 is 1.10 bits per heavy atom. The Labute approximate surface area is 175 Å². The summed E-state index contributed by atoms with van der Waals surface area (Å²) in [6.07, 6.45) is 4.34. The molecule has 150 valence electrons. The molecule has 0 bridgehead atoms. The first-order chi connectivity index (χ1) is 14.0. The number of hydrogen-bond donors (Lipinski definition) is 1. The zero-order valence-corrected chi connectivity index (χ0v) is 17.7. The molecule has 3 rings (SSSR count). The van der Waals surface area contributed by atoms with Crippen molar-refractivity contribution in [3.8, 4) is 0 Å². The van der Waals surface area contributed by atoms with Gasteiger partial charge in [-0.2, -0.15) is 0 Å². The molecule has 0 atom stereocenters. The highest BCUT2D eigenvalue weighted by Crippen LogP contribution is 2.22. The lowest BCUT2D eigenvalue weighted by molar-refractivity contribution is 0.0951. The maximum atomic E-state index is 12.3. The van der Waals surface area contributed by atoms with Gasteiger partial charge in [0.05, 0.1) is 0 Å². The van der Waals surface area contributed by atoms with Crippen LogP contribution in [0, 0.1) is 0 Å². The van der Waals surface area contributed by atoms with Crippen LogP contribution in [0.5, 0.6) is 0 Å². The molecule has 1 N–H and O–H groups in total. The van der Waals surface area contributed by atoms with Crippen molar-refractivity contribution >= 4 is 23.5 Å². The highest BCUT2D eigenvalue weighted by molar-refractivity contribution is 7.98. The minimum absolute atomic E-state index is 0.0948. The van der Waals surface area contributed by atoms with Gasteiger partial charge in [0.25, 0.3) is 5.91 Å². The van der Waals surface area contributed by atoms with Crippen LogP contribution < -0.4 is 10.2 Å². The minimum Gasteiger partial charge on any atom is -0.363 e. The smallest absolute Gasteiger partial charge is 0.251 e. The number of nitrogens with zero attached hydrogens (tertiary/aromatic N) is 4. The van der Waals surface area contributed by atoms with Crippen molar-refractivity contribution in [3.63, 3.8) is 0 Å². The summed E-state index contributed by atoms with van der Waals surface area (Å²) >= 11 is 1.60. The Kier molecular flexibility index (Phi) is 7.19. The summed E-state index contributed by atoms with van der Waals surface area (Å²) in [5, 5.41) is 3.68. The third-order valence-corrected chi connectivity index (χ3v) is 5.24. The maximum Gasteiger partial charge on any atom is 0.251 e. The van der Waals surface area contributed by atoms with E-state index in [0.717, 1.165) is 40.0 Å². The van der Waals surface area contributed by atoms with E-state index in [1.54, 1.807) is 24.2 Å². The SMILES string of the molecule is CCc1cc(N(C)C)nc(SCc2ccc(C(=O)NCc3cccnc3)cc2)n1. The summed E-state index contributed by atoms with van der Waals surface area (Å²) in [4.78, 5) is 27.6. The lowest BCUT2D eigenvalue weighted by Gasteiger charge is -2.13. The fraction of sp³-hybridized carbons (Fsp3) is 0.273. The van der Waals surface area contributed by atoms with Crippen LogP contribution in [0.4, 0.5) is 5.82 Å². The summed E-state index contributed by atoms with van der Waals surface area (Å²) in [7, 11) is 3.96. The molecule has 0 saturated heterocycles. The van der Waals surface area contributed by atoms with E-state index in [4.69, 9.17) is 0 Å². The van der Waals surface area contributed by atoms with Gasteiger partial charge in [0.2, 0.25) is 0 Å². The Balaban J connectivity index is 1.58. The molecule has 0 aliphatic carbocycles. The Morgan fingerprint density at radius 2 is 1.90 bits per heavy atom. The maximum absolute atomic E-state index is 12.3. The van der Waals surface area contributed by atoms with Crippen molar-refractivity contribution in [1.82, 2.24) is 20.3 Å². The first-order valence-corrected chi connectivity index (χ1v) is 10.5. The number of anilines is 1. The van der Waals surface area contributed by atoms with Crippen molar-refractivity contribution in [2.24, 2.45) is 0 Å². The highest BCUT2D eigenvalue weighted by Gasteiger charge is 2.08. The van der Waals surface area contributed by atoms with Gasteiger partial charge in [0, 0.05) is 56.1 Å². The molecular weight excluding hydrogens is 382 g/mol. The number of benzene rings is 1. The van der Waals surface area contributed by atoms with Crippen LogP contribution in [0.15, 0.2) is 60.0 Å². The molecule has 2 heterocycles. The number of nitrogens with one attached hydrogen (secondary N) is 1. The lowest BCUT2D eigenvalue weighted by atomic mass is 10.1. The second-order valence-electron chi connectivity index (χ2n) is 6.78. The van der Waals surface area contributed by atoms with Crippen LogP contribution in [0.3, 0.4) is 0 Å². The fourth-order valence-electron chi connectivity index (χ4n) is 2.62. The second kappa shape index (κ2) is 10.0. The fourth-order valence-corrected chi connectivity index (χ4v) is 3.45. The summed E-state index contributed by atoms with van der Waals surface area (Å²) in [6, 6.07) is 13.5. The van der Waals surface area contributed by atoms with Crippen LogP contribution in [0.1, 0.15) is 34.1 Å². The van der Waals surface area contributed by atoms with Crippen molar-refractivity contribution in [3.05, 3.63) is 77.2 Å². The quantitative estimate of drug-likeness (QED) is 0.453. The molecule has 0 unspecified atom stereocenters. The first-order valence-electron chi connectivity index (χ1n) is 9.49. The van der Waals surface area contributed by atoms with Crippen LogP contribution in [-0.4, -0.2) is 35.0 Å². The third-order valence-electron chi connectivity index (χ3n) is 4.33. The molecule has 1 amide bonds. The van der Waals surface area contributed by atoms with Gasteiger partial charge in [-0.15, -0.1) is 0 Å². The summed E-state index contributed by atoms with van der Waals surface area (Å²) < 4.78 is 0. The molecule has 0 saturated carbocycles. The highest BCUT2D eigenvalue weighted by atomic mass is 32.2. The monoisotopic (exact) mass is 407 g/mol. The van der Waals surface area contributed by atoms with E-state index in [1.165, 1.54) is 0 Å². The molecule has 2 aromatic heterocycles. The number of pyridine rings is 1. The molecule has 7 heteroatoms. The first kappa shape index (κ1) is 20.8. The summed E-state index contributed by atoms with van der Waals surface area (Å²) in [5.74, 6) is 1.57. The molecule has 0 radical (unpaired) electrons. The average molecular weight is 408 g/mol. The Hall–Kier alpha value is -2.93. The van der Waals surface area contributed by atoms with E-state index in [-0.39, 0.29) is 5.91 Å². The molecule has 0 aliphatic heterocycles. The Morgan fingerprint density at radius 3 is 2.55 bits per heavy atom. The predicted octanol–water partition coefficient (Wildman–Crippen LogP) is 3.72. The van der Waals surface area contributed by atoms with Gasteiger partial charge >= 0.3 is 0 Å². The van der Waals surface area contributed by atoms with E-state index < -0.39 is 0 Å². The van der Waals surface area contributed by atoms with E-state index in [0.29, 0.717) is 12.1 Å². The molecule has 0 fully saturated rings. The van der Waals surface area contributed by atoms with E-state index in [9.17, 15) is 4.79 Å². The van der Waals surface area contributed by atoms with Crippen molar-refractivity contribution < 1.29 is 4.79 Å². The van der Waals surface area contributed by atoms with Gasteiger partial charge in [-0.05, 0) is 35.7 Å². The molecular formula is C22H25N5OS. The number of amides is 1. The number of carbonyl (C=O) groups is 1. The predicted molar refractivity (Wildman–Crippen MR) is 117 cm³/mol. The minimum atomic E-state index is -0.0948. The van der Waals surface area contributed by atoms with Crippen LogP contribution in [0.25, 0.3) is 0 Å². The normalized spacial score (nSPS) is 10.6. The van der Waals surface area contributed by atoms with Crippen molar-refractivity contribution in [2.75, 3.05) is 19.0 Å². The standard InChI is InChI=1S/C22H25N5OS/c1-4-19-12-20(27(2)3)26-22(25-19)29-15-16-7-9-18(10-8-16)21(28)24-14-17-6-5-11-23-13-17/h5-13H,4,14-15H2,1-3H3,(H,24,28). The molecule has 1 aromatic carbocycles. The lowest BCUT2D eigenvalue weighted by Crippen LogP contribution is -2.22. The van der Waals surface area contributed by atoms with Crippen LogP contribution >= 0.6 is 11.8 Å². The van der Waals surface area contributed by atoms with Gasteiger partial charge in [0.15, 0.2) is 5.16 Å². The number of aromatic nitrogens is 3. The number of thioether (sulfide) groups is 1. The van der Waals surface area contributed by atoms with E-state index >= 15 is 0 Å². The molecule has 29 heavy (non-hydrogen) atoms. The van der Waals surface area contributed by atoms with E-state index in [2.05, 4.69) is 27.2 Å². The average Bonchev–Trinajstić information content (AvgIpc) is 2.76. The summed E-state index contributed by atoms with van der Waals surface area (Å²) in [6.45, 7) is 2.55. The number of hydrogen-bond acceptors (Lipinski definition) is 6. The third kappa shape index (κ3) is 6.02. The Bertz CT molecular complexity index is 945. The summed E-state index contributed by atoms with van der Waals surface area (Å²) in [5.41, 5.74) is 3.77.